The topological polar surface area (TPSA) is 101 Å². The van der Waals surface area contributed by atoms with E-state index < -0.39 is 5.97 Å². The molecule has 7 nitrogen and oxygen atoms in total. The summed E-state index contributed by atoms with van der Waals surface area (Å²) in [7, 11) is 1.28. The van der Waals surface area contributed by atoms with Crippen molar-refractivity contribution in [1.82, 2.24) is 15.1 Å². The molecule has 0 aliphatic carbocycles. The molecule has 1 heterocycles. The van der Waals surface area contributed by atoms with Crippen molar-refractivity contribution >= 4 is 17.7 Å². The van der Waals surface area contributed by atoms with Gasteiger partial charge in [-0.25, -0.2) is 0 Å². The first-order valence-corrected chi connectivity index (χ1v) is 5.14. The van der Waals surface area contributed by atoms with Gasteiger partial charge in [0.25, 0.3) is 5.91 Å². The Labute approximate surface area is 98.9 Å². The molecule has 1 aromatic heterocycles. The van der Waals surface area contributed by atoms with Crippen LogP contribution in [0.4, 0.5) is 5.82 Å². The normalized spacial score (nSPS) is 10.4. The van der Waals surface area contributed by atoms with Gasteiger partial charge in [-0.3, -0.25) is 14.7 Å². The highest BCUT2D eigenvalue weighted by Crippen LogP contribution is 2.08. The number of nitrogens with zero attached hydrogens (tertiary/aromatic N) is 2. The van der Waals surface area contributed by atoms with Gasteiger partial charge in [-0.2, -0.15) is 5.10 Å². The largest absolute Gasteiger partial charge is 0.468 e. The number of carbonyl (C=O) groups is 2. The van der Waals surface area contributed by atoms with Crippen molar-refractivity contribution in [3.8, 4) is 0 Å². The van der Waals surface area contributed by atoms with Crippen molar-refractivity contribution in [2.45, 2.75) is 19.9 Å². The average Bonchev–Trinajstić information content (AvgIpc) is 2.71. The van der Waals surface area contributed by atoms with Crippen LogP contribution in [0.25, 0.3) is 0 Å². The summed E-state index contributed by atoms with van der Waals surface area (Å²) >= 11 is 0. The fraction of sp³-hybridized carbons (Fsp3) is 0.500. The highest BCUT2D eigenvalue weighted by Gasteiger charge is 2.23. The molecular formula is C10H16N4O3. The first kappa shape index (κ1) is 13.0. The van der Waals surface area contributed by atoms with Gasteiger partial charge in [0.05, 0.1) is 7.11 Å². The molecule has 7 heteroatoms. The number of methoxy groups -OCH3 is 1. The first-order chi connectivity index (χ1) is 7.95. The zero-order valence-electron chi connectivity index (χ0n) is 10.1. The lowest BCUT2D eigenvalue weighted by Gasteiger charge is -2.24. The van der Waals surface area contributed by atoms with E-state index in [-0.39, 0.29) is 30.0 Å². The zero-order chi connectivity index (χ0) is 13.0. The Bertz CT molecular complexity index is 413. The third-order valence-corrected chi connectivity index (χ3v) is 2.24. The van der Waals surface area contributed by atoms with Gasteiger partial charge in [-0.05, 0) is 13.8 Å². The highest BCUT2D eigenvalue weighted by molar-refractivity contribution is 5.95. The molecule has 1 aromatic rings. The summed E-state index contributed by atoms with van der Waals surface area (Å²) in [5.74, 6) is -0.579. The molecule has 1 rings (SSSR count). The third-order valence-electron chi connectivity index (χ3n) is 2.24. The van der Waals surface area contributed by atoms with Crippen LogP contribution >= 0.6 is 0 Å². The van der Waals surface area contributed by atoms with E-state index in [0.29, 0.717) is 0 Å². The van der Waals surface area contributed by atoms with Crippen molar-refractivity contribution in [2.75, 3.05) is 19.4 Å². The van der Waals surface area contributed by atoms with E-state index in [2.05, 4.69) is 14.9 Å². The van der Waals surface area contributed by atoms with Gasteiger partial charge < -0.3 is 15.4 Å². The maximum atomic E-state index is 12.0. The molecule has 3 N–H and O–H groups in total. The van der Waals surface area contributed by atoms with Crippen LogP contribution in [0.15, 0.2) is 6.07 Å². The van der Waals surface area contributed by atoms with Crippen LogP contribution < -0.4 is 5.73 Å². The maximum Gasteiger partial charge on any atom is 0.325 e. The summed E-state index contributed by atoms with van der Waals surface area (Å²) < 4.78 is 4.54. The number of hydrogen-bond acceptors (Lipinski definition) is 5. The SMILES string of the molecule is COC(=O)CN(C(=O)c1cc(N)n[nH]1)C(C)C. The number of aromatic amines is 1. The van der Waals surface area contributed by atoms with Gasteiger partial charge >= 0.3 is 5.97 Å². The summed E-state index contributed by atoms with van der Waals surface area (Å²) in [6.45, 7) is 3.51. The van der Waals surface area contributed by atoms with Gasteiger partial charge in [0.2, 0.25) is 0 Å². The number of nitrogens with one attached hydrogen (secondary N) is 1. The summed E-state index contributed by atoms with van der Waals surface area (Å²) in [6, 6.07) is 1.29. The zero-order valence-corrected chi connectivity index (χ0v) is 10.1. The predicted molar refractivity (Wildman–Crippen MR) is 61.2 cm³/mol. The Kier molecular flexibility index (Phi) is 4.08. The van der Waals surface area contributed by atoms with Gasteiger partial charge in [-0.15, -0.1) is 0 Å². The molecule has 0 aromatic carbocycles. The molecular weight excluding hydrogens is 224 g/mol. The van der Waals surface area contributed by atoms with Crippen molar-refractivity contribution in [1.29, 1.82) is 0 Å². The van der Waals surface area contributed by atoms with E-state index >= 15 is 0 Å². The molecule has 0 unspecified atom stereocenters. The number of nitrogen functional groups attached to an aromatic ring is 1. The van der Waals surface area contributed by atoms with Crippen LogP contribution in [0.1, 0.15) is 24.3 Å². The fourth-order valence-corrected chi connectivity index (χ4v) is 1.29. The van der Waals surface area contributed by atoms with Crippen molar-refractivity contribution in [3.05, 3.63) is 11.8 Å². The number of nitrogens with two attached hydrogens (primary N) is 1. The second-order valence-electron chi connectivity index (χ2n) is 3.81. The van der Waals surface area contributed by atoms with Gasteiger partial charge in [-0.1, -0.05) is 0 Å². The summed E-state index contributed by atoms with van der Waals surface area (Å²) in [4.78, 5) is 24.6. The molecule has 0 spiro atoms. The van der Waals surface area contributed by atoms with Crippen molar-refractivity contribution in [3.63, 3.8) is 0 Å². The second-order valence-corrected chi connectivity index (χ2v) is 3.81. The number of hydrogen-bond donors (Lipinski definition) is 2. The summed E-state index contributed by atoms with van der Waals surface area (Å²) in [5, 5.41) is 6.18. The number of anilines is 1. The van der Waals surface area contributed by atoms with Crippen LogP contribution in [-0.2, 0) is 9.53 Å². The highest BCUT2D eigenvalue weighted by atomic mass is 16.5. The van der Waals surface area contributed by atoms with E-state index in [9.17, 15) is 9.59 Å². The molecule has 17 heavy (non-hydrogen) atoms. The lowest BCUT2D eigenvalue weighted by atomic mass is 10.2. The predicted octanol–water partition coefficient (Wildman–Crippen LogP) is 0.0155. The summed E-state index contributed by atoms with van der Waals surface area (Å²) in [5.41, 5.74) is 5.67. The number of amides is 1. The van der Waals surface area contributed by atoms with Crippen molar-refractivity contribution < 1.29 is 14.3 Å². The number of carbonyl (C=O) groups excluding carboxylic acids is 2. The standard InChI is InChI=1S/C10H16N4O3/c1-6(2)14(5-9(15)17-3)10(16)7-4-8(11)13-12-7/h4,6H,5H2,1-3H3,(H3,11,12,13). The van der Waals surface area contributed by atoms with E-state index in [1.807, 2.05) is 0 Å². The molecule has 94 valence electrons. The molecule has 1 amide bonds. The molecule has 0 saturated heterocycles. The van der Waals surface area contributed by atoms with Crippen LogP contribution in [0, 0.1) is 0 Å². The van der Waals surface area contributed by atoms with Gasteiger partial charge in [0, 0.05) is 12.1 Å². The Morgan fingerprint density at radius 3 is 2.65 bits per heavy atom. The number of rotatable bonds is 4. The average molecular weight is 240 g/mol. The molecule has 0 fully saturated rings. The minimum atomic E-state index is -0.473. The molecule has 0 bridgehead atoms. The second kappa shape index (κ2) is 5.33. The Morgan fingerprint density at radius 1 is 1.59 bits per heavy atom. The molecule has 0 aliphatic rings. The minimum absolute atomic E-state index is 0.105. The number of ether oxygens (including phenoxy) is 1. The lowest BCUT2D eigenvalue weighted by Crippen LogP contribution is -2.41. The van der Waals surface area contributed by atoms with Gasteiger partial charge in [0.1, 0.15) is 18.1 Å². The first-order valence-electron chi connectivity index (χ1n) is 5.14. The van der Waals surface area contributed by atoms with Gasteiger partial charge in [0.15, 0.2) is 0 Å². The van der Waals surface area contributed by atoms with E-state index in [1.165, 1.54) is 18.1 Å². The monoisotopic (exact) mass is 240 g/mol. The molecule has 0 aliphatic heterocycles. The Hall–Kier alpha value is -2.05. The van der Waals surface area contributed by atoms with Crippen LogP contribution in [0.5, 0.6) is 0 Å². The maximum absolute atomic E-state index is 12.0. The quantitative estimate of drug-likeness (QED) is 0.722. The Balaban J connectivity index is 2.84. The molecule has 0 saturated carbocycles. The lowest BCUT2D eigenvalue weighted by molar-refractivity contribution is -0.141. The molecule has 0 radical (unpaired) electrons. The van der Waals surface area contributed by atoms with E-state index in [4.69, 9.17) is 5.73 Å². The fourth-order valence-electron chi connectivity index (χ4n) is 1.29. The van der Waals surface area contributed by atoms with Crippen LogP contribution in [0.3, 0.4) is 0 Å². The summed E-state index contributed by atoms with van der Waals surface area (Å²) in [6.07, 6.45) is 0. The number of esters is 1. The smallest absolute Gasteiger partial charge is 0.325 e. The minimum Gasteiger partial charge on any atom is -0.468 e. The molecule has 0 atom stereocenters. The van der Waals surface area contributed by atoms with Crippen LogP contribution in [0.2, 0.25) is 0 Å². The Morgan fingerprint density at radius 2 is 2.24 bits per heavy atom. The van der Waals surface area contributed by atoms with Crippen LogP contribution in [-0.4, -0.2) is 46.7 Å². The number of H-pyrrole nitrogens is 1. The van der Waals surface area contributed by atoms with E-state index in [1.54, 1.807) is 13.8 Å². The third kappa shape index (κ3) is 3.20. The van der Waals surface area contributed by atoms with E-state index in [0.717, 1.165) is 0 Å². The van der Waals surface area contributed by atoms with Crippen molar-refractivity contribution in [2.24, 2.45) is 0 Å². The number of aromatic nitrogens is 2.